The normalized spacial score (nSPS) is 11.5. The van der Waals surface area contributed by atoms with Crippen molar-refractivity contribution < 1.29 is 19.5 Å². The number of nitrogens with one attached hydrogen (secondary N) is 2. The van der Waals surface area contributed by atoms with Crippen molar-refractivity contribution in [2.45, 2.75) is 26.7 Å². The number of benzene rings is 2. The number of carboxylic acids is 1. The highest BCUT2D eigenvalue weighted by molar-refractivity contribution is 6.05. The molecule has 0 aliphatic rings. The predicted molar refractivity (Wildman–Crippen MR) is 100 cm³/mol. The zero-order valence-corrected chi connectivity index (χ0v) is 14.8. The van der Waals surface area contributed by atoms with E-state index in [0.29, 0.717) is 16.9 Å². The van der Waals surface area contributed by atoms with Crippen molar-refractivity contribution in [2.75, 3.05) is 10.6 Å². The fourth-order valence-corrected chi connectivity index (χ4v) is 2.47. The highest BCUT2D eigenvalue weighted by atomic mass is 16.4. The van der Waals surface area contributed by atoms with Gasteiger partial charge in [-0.05, 0) is 48.9 Å². The lowest BCUT2D eigenvalue weighted by Crippen LogP contribution is -2.20. The lowest BCUT2D eigenvalue weighted by molar-refractivity contribution is -0.119. The number of hydrogen-bond acceptors (Lipinski definition) is 3. The third kappa shape index (κ3) is 5.17. The van der Waals surface area contributed by atoms with Gasteiger partial charge in [0.1, 0.15) is 0 Å². The first-order valence-corrected chi connectivity index (χ1v) is 8.46. The number of rotatable bonds is 7. The molecule has 1 atom stereocenters. The summed E-state index contributed by atoms with van der Waals surface area (Å²) in [5, 5.41) is 14.4. The summed E-state index contributed by atoms with van der Waals surface area (Å²) in [6.45, 7) is 3.90. The molecule has 2 rings (SSSR count). The minimum Gasteiger partial charge on any atom is -0.478 e. The molecule has 6 nitrogen and oxygen atoms in total. The summed E-state index contributed by atoms with van der Waals surface area (Å²) in [7, 11) is 0. The van der Waals surface area contributed by atoms with Crippen LogP contribution < -0.4 is 10.6 Å². The molecule has 1 unspecified atom stereocenters. The Balaban J connectivity index is 2.05. The number of aromatic carboxylic acids is 1. The van der Waals surface area contributed by atoms with Gasteiger partial charge in [-0.25, -0.2) is 4.79 Å². The quantitative estimate of drug-likeness (QED) is 0.700. The Morgan fingerprint density at radius 3 is 2.27 bits per heavy atom. The van der Waals surface area contributed by atoms with E-state index in [-0.39, 0.29) is 23.3 Å². The molecule has 0 aliphatic heterocycles. The van der Waals surface area contributed by atoms with Gasteiger partial charge in [0.05, 0.1) is 5.56 Å². The standard InChI is InChI=1S/C20H22N2O4/c1-3-5-13(2)18(23)22-17-7-4-6-15(12-17)19(24)21-16-10-8-14(9-11-16)20(25)26/h4,6-13H,3,5H2,1-2H3,(H,21,24)(H,22,23)(H,25,26). The summed E-state index contributed by atoms with van der Waals surface area (Å²) in [6, 6.07) is 12.6. The molecule has 0 aromatic heterocycles. The predicted octanol–water partition coefficient (Wildman–Crippen LogP) is 4.01. The minimum atomic E-state index is -1.02. The second kappa shape index (κ2) is 8.80. The minimum absolute atomic E-state index is 0.0753. The first-order chi connectivity index (χ1) is 12.4. The average Bonchev–Trinajstić information content (AvgIpc) is 2.62. The van der Waals surface area contributed by atoms with Crippen LogP contribution in [0.1, 0.15) is 47.4 Å². The van der Waals surface area contributed by atoms with Gasteiger partial charge in [-0.15, -0.1) is 0 Å². The van der Waals surface area contributed by atoms with Gasteiger partial charge in [0.25, 0.3) is 5.91 Å². The van der Waals surface area contributed by atoms with E-state index in [2.05, 4.69) is 10.6 Å². The van der Waals surface area contributed by atoms with Gasteiger partial charge in [-0.2, -0.15) is 0 Å². The second-order valence-corrected chi connectivity index (χ2v) is 6.10. The monoisotopic (exact) mass is 354 g/mol. The number of amides is 2. The third-order valence-corrected chi connectivity index (χ3v) is 3.95. The van der Waals surface area contributed by atoms with Crippen LogP contribution in [0.3, 0.4) is 0 Å². The maximum Gasteiger partial charge on any atom is 0.335 e. The van der Waals surface area contributed by atoms with E-state index in [1.165, 1.54) is 24.3 Å². The van der Waals surface area contributed by atoms with Gasteiger partial charge in [-0.3, -0.25) is 9.59 Å². The van der Waals surface area contributed by atoms with Crippen LogP contribution in [0, 0.1) is 5.92 Å². The van der Waals surface area contributed by atoms with Gasteiger partial charge >= 0.3 is 5.97 Å². The van der Waals surface area contributed by atoms with Gasteiger partial charge in [0.15, 0.2) is 0 Å². The Morgan fingerprint density at radius 1 is 0.962 bits per heavy atom. The zero-order valence-electron chi connectivity index (χ0n) is 14.8. The summed E-state index contributed by atoms with van der Waals surface area (Å²) in [4.78, 5) is 35.3. The van der Waals surface area contributed by atoms with Crippen LogP contribution in [-0.4, -0.2) is 22.9 Å². The fraction of sp³-hybridized carbons (Fsp3) is 0.250. The molecule has 0 bridgehead atoms. The van der Waals surface area contributed by atoms with Crippen LogP contribution >= 0.6 is 0 Å². The van der Waals surface area contributed by atoms with Crippen LogP contribution in [0.15, 0.2) is 48.5 Å². The van der Waals surface area contributed by atoms with Gasteiger partial charge < -0.3 is 15.7 Å². The third-order valence-electron chi connectivity index (χ3n) is 3.95. The van der Waals surface area contributed by atoms with Crippen LogP contribution in [0.4, 0.5) is 11.4 Å². The van der Waals surface area contributed by atoms with E-state index in [4.69, 9.17) is 5.11 Å². The van der Waals surface area contributed by atoms with Crippen molar-refractivity contribution in [3.63, 3.8) is 0 Å². The molecule has 0 saturated carbocycles. The Kier molecular flexibility index (Phi) is 6.49. The van der Waals surface area contributed by atoms with E-state index >= 15 is 0 Å². The van der Waals surface area contributed by atoms with Gasteiger partial charge in [0.2, 0.25) is 5.91 Å². The number of anilines is 2. The number of carbonyl (C=O) groups excluding carboxylic acids is 2. The Labute approximate surface area is 152 Å². The molecule has 0 saturated heterocycles. The van der Waals surface area contributed by atoms with Crippen molar-refractivity contribution in [3.05, 3.63) is 59.7 Å². The molecule has 0 radical (unpaired) electrons. The summed E-state index contributed by atoms with van der Waals surface area (Å²) < 4.78 is 0. The van der Waals surface area contributed by atoms with Crippen molar-refractivity contribution in [1.82, 2.24) is 0 Å². The molecule has 0 fully saturated rings. The topological polar surface area (TPSA) is 95.5 Å². The van der Waals surface area contributed by atoms with Gasteiger partial charge in [-0.1, -0.05) is 26.3 Å². The fourth-order valence-electron chi connectivity index (χ4n) is 2.47. The molecule has 26 heavy (non-hydrogen) atoms. The lowest BCUT2D eigenvalue weighted by atomic mass is 10.1. The van der Waals surface area contributed by atoms with E-state index < -0.39 is 5.97 Å². The molecule has 2 aromatic carbocycles. The van der Waals surface area contributed by atoms with Crippen molar-refractivity contribution in [1.29, 1.82) is 0 Å². The number of carbonyl (C=O) groups is 3. The van der Waals surface area contributed by atoms with Crippen molar-refractivity contribution in [3.8, 4) is 0 Å². The molecule has 3 N–H and O–H groups in total. The summed E-state index contributed by atoms with van der Waals surface area (Å²) in [5.74, 6) is -1.53. The van der Waals surface area contributed by atoms with Crippen LogP contribution in [0.5, 0.6) is 0 Å². The van der Waals surface area contributed by atoms with E-state index in [9.17, 15) is 14.4 Å². The molecule has 2 aromatic rings. The zero-order chi connectivity index (χ0) is 19.1. The number of carboxylic acid groups (broad SMARTS) is 1. The molecule has 0 spiro atoms. The van der Waals surface area contributed by atoms with E-state index in [0.717, 1.165) is 12.8 Å². The molecule has 2 amide bonds. The summed E-state index contributed by atoms with van der Waals surface area (Å²) in [5.41, 5.74) is 1.60. The summed E-state index contributed by atoms with van der Waals surface area (Å²) >= 11 is 0. The maximum atomic E-state index is 12.4. The second-order valence-electron chi connectivity index (χ2n) is 6.10. The molecule has 136 valence electrons. The smallest absolute Gasteiger partial charge is 0.335 e. The van der Waals surface area contributed by atoms with E-state index in [1.807, 2.05) is 13.8 Å². The molecular formula is C20H22N2O4. The lowest BCUT2D eigenvalue weighted by Gasteiger charge is -2.12. The molecule has 0 heterocycles. The average molecular weight is 354 g/mol. The van der Waals surface area contributed by atoms with E-state index in [1.54, 1.807) is 24.3 Å². The molecule has 0 aliphatic carbocycles. The molecular weight excluding hydrogens is 332 g/mol. The molecule has 6 heteroatoms. The van der Waals surface area contributed by atoms with Crippen molar-refractivity contribution in [2.24, 2.45) is 5.92 Å². The Hall–Kier alpha value is -3.15. The first-order valence-electron chi connectivity index (χ1n) is 8.46. The van der Waals surface area contributed by atoms with Gasteiger partial charge in [0, 0.05) is 22.9 Å². The first kappa shape index (κ1) is 19.2. The largest absolute Gasteiger partial charge is 0.478 e. The Morgan fingerprint density at radius 2 is 1.65 bits per heavy atom. The number of hydrogen-bond donors (Lipinski definition) is 3. The van der Waals surface area contributed by atoms with Crippen LogP contribution in [-0.2, 0) is 4.79 Å². The highest BCUT2D eigenvalue weighted by Gasteiger charge is 2.13. The Bertz CT molecular complexity index is 800. The highest BCUT2D eigenvalue weighted by Crippen LogP contribution is 2.16. The van der Waals surface area contributed by atoms with Crippen LogP contribution in [0.2, 0.25) is 0 Å². The maximum absolute atomic E-state index is 12.4. The SMILES string of the molecule is CCCC(C)C(=O)Nc1cccc(C(=O)Nc2ccc(C(=O)O)cc2)c1. The van der Waals surface area contributed by atoms with Crippen LogP contribution in [0.25, 0.3) is 0 Å². The summed E-state index contributed by atoms with van der Waals surface area (Å²) in [6.07, 6.45) is 1.73. The van der Waals surface area contributed by atoms with Crippen molar-refractivity contribution >= 4 is 29.2 Å².